The fraction of sp³-hybridized carbons (Fsp3) is 0.931. The third-order valence-electron chi connectivity index (χ3n) is 6.40. The molecule has 0 saturated carbocycles. The number of carbonyl (C=O) groups excluding carboxylic acids is 2. The summed E-state index contributed by atoms with van der Waals surface area (Å²) in [6.07, 6.45) is 24.5. The van der Waals surface area contributed by atoms with Gasteiger partial charge in [0.05, 0.1) is 6.61 Å². The van der Waals surface area contributed by atoms with Gasteiger partial charge in [0.1, 0.15) is 6.61 Å². The summed E-state index contributed by atoms with van der Waals surface area (Å²) in [5.41, 5.74) is 0. The molecule has 0 aliphatic heterocycles. The van der Waals surface area contributed by atoms with Crippen molar-refractivity contribution in [2.75, 3.05) is 13.2 Å². The average Bonchev–Trinajstić information content (AvgIpc) is 2.84. The maximum atomic E-state index is 12.0. The highest BCUT2D eigenvalue weighted by Crippen LogP contribution is 2.13. The zero-order valence-corrected chi connectivity index (χ0v) is 22.6. The van der Waals surface area contributed by atoms with Gasteiger partial charge in [0.2, 0.25) is 0 Å². The molecule has 0 heterocycles. The predicted molar refractivity (Wildman–Crippen MR) is 141 cm³/mol. The molecule has 5 heteroatoms. The number of hydrogen-bond donors (Lipinski definition) is 1. The minimum atomic E-state index is -0.757. The predicted octanol–water partition coefficient (Wildman–Crippen LogP) is 8.06. The molecule has 202 valence electrons. The summed E-state index contributed by atoms with van der Waals surface area (Å²) in [5, 5.41) is 9.42. The van der Waals surface area contributed by atoms with Gasteiger partial charge in [0, 0.05) is 12.8 Å². The number of esters is 2. The van der Waals surface area contributed by atoms with Gasteiger partial charge in [-0.3, -0.25) is 9.59 Å². The van der Waals surface area contributed by atoms with Crippen LogP contribution in [0.15, 0.2) is 0 Å². The van der Waals surface area contributed by atoms with Gasteiger partial charge in [-0.2, -0.15) is 0 Å². The molecular formula is C29H56O5. The number of aliphatic hydroxyl groups is 1. The molecule has 1 atom stereocenters. The Bertz CT molecular complexity index is 452. The van der Waals surface area contributed by atoms with E-state index in [1.807, 2.05) is 0 Å². The standard InChI is InChI=1S/C29H56O5/c1-3-5-7-9-11-12-13-14-15-16-18-20-22-24-29(32)34-27(25-30)26-33-28(31)23-21-19-17-10-8-6-4-2/h27,30H,3-26H2,1-2H3/t27-/m1/s1. The number of ether oxygens (including phenoxy) is 2. The first-order valence-electron chi connectivity index (χ1n) is 14.6. The van der Waals surface area contributed by atoms with E-state index >= 15 is 0 Å². The number of rotatable bonds is 26. The maximum absolute atomic E-state index is 12.0. The fourth-order valence-corrected chi connectivity index (χ4v) is 4.14. The molecule has 0 amide bonds. The first-order valence-corrected chi connectivity index (χ1v) is 14.6. The molecule has 0 radical (unpaired) electrons. The highest BCUT2D eigenvalue weighted by Gasteiger charge is 2.16. The first-order chi connectivity index (χ1) is 16.6. The SMILES string of the molecule is CCCCCCCCCCCCCCCC(=O)O[C@H](CO)COC(=O)CCCCCCCCC. The average molecular weight is 485 g/mol. The normalized spacial score (nSPS) is 12.0. The van der Waals surface area contributed by atoms with Gasteiger partial charge in [-0.25, -0.2) is 0 Å². The molecule has 0 aromatic heterocycles. The van der Waals surface area contributed by atoms with Gasteiger partial charge < -0.3 is 14.6 Å². The number of aliphatic hydroxyl groups excluding tert-OH is 1. The second kappa shape index (κ2) is 26.5. The summed E-state index contributed by atoms with van der Waals surface area (Å²) >= 11 is 0. The first kappa shape index (κ1) is 32.9. The minimum absolute atomic E-state index is 0.0593. The smallest absolute Gasteiger partial charge is 0.306 e. The molecule has 0 aromatic rings. The van der Waals surface area contributed by atoms with Crippen LogP contribution in [0.3, 0.4) is 0 Å². The Balaban J connectivity index is 3.56. The van der Waals surface area contributed by atoms with Crippen LogP contribution in [0.2, 0.25) is 0 Å². The van der Waals surface area contributed by atoms with E-state index in [0.717, 1.165) is 38.5 Å². The maximum Gasteiger partial charge on any atom is 0.306 e. The van der Waals surface area contributed by atoms with Crippen molar-refractivity contribution in [3.8, 4) is 0 Å². The molecule has 0 rings (SSSR count). The van der Waals surface area contributed by atoms with Crippen LogP contribution in [-0.4, -0.2) is 36.4 Å². The van der Waals surface area contributed by atoms with Crippen LogP contribution in [0.1, 0.15) is 155 Å². The summed E-state index contributed by atoms with van der Waals surface area (Å²) < 4.78 is 10.5. The van der Waals surface area contributed by atoms with E-state index in [4.69, 9.17) is 9.47 Å². The molecule has 0 unspecified atom stereocenters. The van der Waals surface area contributed by atoms with E-state index in [1.165, 1.54) is 89.9 Å². The van der Waals surface area contributed by atoms with Gasteiger partial charge in [0.15, 0.2) is 6.10 Å². The Morgan fingerprint density at radius 2 is 0.912 bits per heavy atom. The Morgan fingerprint density at radius 3 is 1.29 bits per heavy atom. The van der Waals surface area contributed by atoms with Crippen molar-refractivity contribution < 1.29 is 24.2 Å². The highest BCUT2D eigenvalue weighted by molar-refractivity contribution is 5.70. The molecular weight excluding hydrogens is 428 g/mol. The molecule has 0 aliphatic carbocycles. The van der Waals surface area contributed by atoms with Crippen LogP contribution < -0.4 is 0 Å². The zero-order valence-electron chi connectivity index (χ0n) is 22.6. The monoisotopic (exact) mass is 484 g/mol. The van der Waals surface area contributed by atoms with Crippen molar-refractivity contribution in [1.29, 1.82) is 0 Å². The lowest BCUT2D eigenvalue weighted by atomic mass is 10.0. The van der Waals surface area contributed by atoms with Gasteiger partial charge in [-0.1, -0.05) is 129 Å². The quantitative estimate of drug-likeness (QED) is 0.0992. The van der Waals surface area contributed by atoms with Crippen molar-refractivity contribution in [2.24, 2.45) is 0 Å². The molecule has 5 nitrogen and oxygen atoms in total. The van der Waals surface area contributed by atoms with Crippen molar-refractivity contribution in [3.05, 3.63) is 0 Å². The Kier molecular flexibility index (Phi) is 25.6. The summed E-state index contributed by atoms with van der Waals surface area (Å²) in [7, 11) is 0. The van der Waals surface area contributed by atoms with Crippen molar-refractivity contribution in [2.45, 2.75) is 161 Å². The van der Waals surface area contributed by atoms with Crippen molar-refractivity contribution in [1.82, 2.24) is 0 Å². The number of unbranched alkanes of at least 4 members (excludes halogenated alkanes) is 18. The van der Waals surface area contributed by atoms with Crippen LogP contribution >= 0.6 is 0 Å². The molecule has 0 aliphatic rings. The van der Waals surface area contributed by atoms with Crippen LogP contribution in [0.5, 0.6) is 0 Å². The molecule has 0 saturated heterocycles. The van der Waals surface area contributed by atoms with E-state index in [0.29, 0.717) is 12.8 Å². The lowest BCUT2D eigenvalue weighted by Crippen LogP contribution is -2.28. The lowest BCUT2D eigenvalue weighted by Gasteiger charge is -2.15. The third-order valence-corrected chi connectivity index (χ3v) is 6.40. The Labute approximate surface area is 210 Å². The lowest BCUT2D eigenvalue weighted by molar-refractivity contribution is -0.161. The summed E-state index contributed by atoms with van der Waals surface area (Å²) in [6, 6.07) is 0. The van der Waals surface area contributed by atoms with Crippen LogP contribution in [0, 0.1) is 0 Å². The molecule has 1 N–H and O–H groups in total. The Hall–Kier alpha value is -1.10. The summed E-state index contributed by atoms with van der Waals surface area (Å²) in [6.45, 7) is 4.07. The molecule has 0 aromatic carbocycles. The highest BCUT2D eigenvalue weighted by atomic mass is 16.6. The second-order valence-electron chi connectivity index (χ2n) is 9.84. The minimum Gasteiger partial charge on any atom is -0.462 e. The summed E-state index contributed by atoms with van der Waals surface area (Å²) in [4.78, 5) is 23.9. The molecule has 34 heavy (non-hydrogen) atoms. The Morgan fingerprint density at radius 1 is 0.559 bits per heavy atom. The van der Waals surface area contributed by atoms with Crippen molar-refractivity contribution in [3.63, 3.8) is 0 Å². The van der Waals surface area contributed by atoms with Crippen LogP contribution in [0.4, 0.5) is 0 Å². The second-order valence-corrected chi connectivity index (χ2v) is 9.84. The van der Waals surface area contributed by atoms with Crippen molar-refractivity contribution >= 4 is 11.9 Å². The largest absolute Gasteiger partial charge is 0.462 e. The van der Waals surface area contributed by atoms with Gasteiger partial charge >= 0.3 is 11.9 Å². The van der Waals surface area contributed by atoms with Gasteiger partial charge in [0.25, 0.3) is 0 Å². The molecule has 0 bridgehead atoms. The summed E-state index contributed by atoms with van der Waals surface area (Å²) in [5.74, 6) is -0.593. The van der Waals surface area contributed by atoms with Gasteiger partial charge in [-0.05, 0) is 12.8 Å². The van der Waals surface area contributed by atoms with E-state index in [1.54, 1.807) is 0 Å². The third kappa shape index (κ3) is 24.0. The van der Waals surface area contributed by atoms with E-state index in [-0.39, 0.29) is 25.2 Å². The van der Waals surface area contributed by atoms with E-state index < -0.39 is 6.10 Å². The van der Waals surface area contributed by atoms with Gasteiger partial charge in [-0.15, -0.1) is 0 Å². The molecule has 0 spiro atoms. The van der Waals surface area contributed by atoms with Crippen LogP contribution in [-0.2, 0) is 19.1 Å². The number of carbonyl (C=O) groups is 2. The zero-order chi connectivity index (χ0) is 25.1. The fourth-order valence-electron chi connectivity index (χ4n) is 4.14. The van der Waals surface area contributed by atoms with E-state index in [2.05, 4.69) is 13.8 Å². The molecule has 0 fully saturated rings. The number of hydrogen-bond acceptors (Lipinski definition) is 5. The van der Waals surface area contributed by atoms with E-state index in [9.17, 15) is 14.7 Å². The van der Waals surface area contributed by atoms with Crippen LogP contribution in [0.25, 0.3) is 0 Å². The topological polar surface area (TPSA) is 72.8 Å².